The fourth-order valence-corrected chi connectivity index (χ4v) is 3.45. The van der Waals surface area contributed by atoms with Gasteiger partial charge in [0, 0.05) is 23.2 Å². The molecule has 140 valence electrons. The van der Waals surface area contributed by atoms with Gasteiger partial charge in [0.1, 0.15) is 0 Å². The van der Waals surface area contributed by atoms with E-state index in [1.165, 1.54) is 11.8 Å². The number of nitrogens with zero attached hydrogens (tertiary/aromatic N) is 3. The van der Waals surface area contributed by atoms with Crippen molar-refractivity contribution >= 4 is 29.1 Å². The largest absolute Gasteiger partial charge is 0.493 e. The summed E-state index contributed by atoms with van der Waals surface area (Å²) < 4.78 is 12.3. The van der Waals surface area contributed by atoms with Crippen LogP contribution in [0.25, 0.3) is 11.4 Å². The molecule has 0 aliphatic rings. The molecule has 0 saturated carbocycles. The highest BCUT2D eigenvalue weighted by atomic mass is 35.5. The number of rotatable bonds is 7. The first-order valence-electron chi connectivity index (χ1n) is 8.07. The van der Waals surface area contributed by atoms with Crippen LogP contribution in [0.5, 0.6) is 11.5 Å². The minimum atomic E-state index is -0.0306. The number of halogens is 1. The van der Waals surface area contributed by atoms with Crippen LogP contribution in [0.2, 0.25) is 5.02 Å². The Labute approximate surface area is 166 Å². The zero-order valence-electron chi connectivity index (χ0n) is 15.1. The zero-order valence-corrected chi connectivity index (χ0v) is 16.7. The number of aromatic nitrogens is 3. The van der Waals surface area contributed by atoms with E-state index in [-0.39, 0.29) is 11.5 Å². The second kappa shape index (κ2) is 8.45. The number of methoxy groups -OCH3 is 2. The highest BCUT2D eigenvalue weighted by Crippen LogP contribution is 2.29. The van der Waals surface area contributed by atoms with Gasteiger partial charge in [-0.05, 0) is 42.5 Å². The third kappa shape index (κ3) is 4.26. The van der Waals surface area contributed by atoms with Crippen molar-refractivity contribution in [3.8, 4) is 22.9 Å². The fourth-order valence-electron chi connectivity index (χ4n) is 2.51. The zero-order chi connectivity index (χ0) is 19.4. The lowest BCUT2D eigenvalue weighted by molar-refractivity contribution is 0.102. The van der Waals surface area contributed by atoms with Crippen LogP contribution in [0.3, 0.4) is 0 Å². The van der Waals surface area contributed by atoms with Crippen LogP contribution in [-0.4, -0.2) is 40.5 Å². The molecule has 0 aliphatic carbocycles. The molecular formula is C19H18ClN3O3S. The average molecular weight is 404 g/mol. The van der Waals surface area contributed by atoms with Crippen molar-refractivity contribution in [2.75, 3.05) is 20.0 Å². The Balaban J connectivity index is 1.72. The Morgan fingerprint density at radius 2 is 1.78 bits per heavy atom. The van der Waals surface area contributed by atoms with E-state index in [9.17, 15) is 4.79 Å². The third-order valence-corrected chi connectivity index (χ3v) is 5.25. The Hall–Kier alpha value is -2.51. The summed E-state index contributed by atoms with van der Waals surface area (Å²) >= 11 is 7.26. The van der Waals surface area contributed by atoms with Crippen molar-refractivity contribution in [1.29, 1.82) is 0 Å². The van der Waals surface area contributed by atoms with Gasteiger partial charge < -0.3 is 14.0 Å². The summed E-state index contributed by atoms with van der Waals surface area (Å²) in [5.41, 5.74) is 1.47. The maximum absolute atomic E-state index is 12.5. The summed E-state index contributed by atoms with van der Waals surface area (Å²) in [7, 11) is 4.97. The highest BCUT2D eigenvalue weighted by molar-refractivity contribution is 7.99. The van der Waals surface area contributed by atoms with Crippen molar-refractivity contribution in [1.82, 2.24) is 14.8 Å². The van der Waals surface area contributed by atoms with E-state index >= 15 is 0 Å². The van der Waals surface area contributed by atoms with Crippen LogP contribution >= 0.6 is 23.4 Å². The topological polar surface area (TPSA) is 66.2 Å². The number of thioether (sulfide) groups is 1. The molecule has 27 heavy (non-hydrogen) atoms. The number of ketones is 1. The SMILES string of the molecule is COc1ccc(C(=O)CSc2nnc(-c3ccc(Cl)cc3)n2C)cc1OC. The lowest BCUT2D eigenvalue weighted by Crippen LogP contribution is -2.05. The molecule has 0 aliphatic heterocycles. The molecule has 8 heteroatoms. The predicted octanol–water partition coefficient (Wildman–Crippen LogP) is 4.13. The normalized spacial score (nSPS) is 10.7. The maximum atomic E-state index is 12.5. The van der Waals surface area contributed by atoms with Crippen LogP contribution in [0.1, 0.15) is 10.4 Å². The molecule has 0 unspecified atom stereocenters. The van der Waals surface area contributed by atoms with Crippen molar-refractivity contribution in [3.63, 3.8) is 0 Å². The highest BCUT2D eigenvalue weighted by Gasteiger charge is 2.15. The molecule has 6 nitrogen and oxygen atoms in total. The second-order valence-corrected chi connectivity index (χ2v) is 7.03. The number of benzene rings is 2. The van der Waals surface area contributed by atoms with Crippen LogP contribution in [0.15, 0.2) is 47.6 Å². The first-order chi connectivity index (χ1) is 13.0. The average Bonchev–Trinajstić information content (AvgIpc) is 3.06. The quantitative estimate of drug-likeness (QED) is 0.436. The second-order valence-electron chi connectivity index (χ2n) is 5.65. The number of carbonyl (C=O) groups is 1. The number of carbonyl (C=O) groups excluding carboxylic acids is 1. The molecule has 0 saturated heterocycles. The Morgan fingerprint density at radius 3 is 2.44 bits per heavy atom. The van der Waals surface area contributed by atoms with Crippen molar-refractivity contribution < 1.29 is 14.3 Å². The molecule has 0 atom stereocenters. The van der Waals surface area contributed by atoms with E-state index in [0.717, 1.165) is 5.56 Å². The summed E-state index contributed by atoms with van der Waals surface area (Å²) in [6.07, 6.45) is 0. The molecule has 2 aromatic carbocycles. The summed E-state index contributed by atoms with van der Waals surface area (Å²) in [6, 6.07) is 12.5. The molecule has 0 bridgehead atoms. The summed E-state index contributed by atoms with van der Waals surface area (Å²) in [5, 5.41) is 9.73. The smallest absolute Gasteiger partial charge is 0.191 e. The minimum Gasteiger partial charge on any atom is -0.493 e. The van der Waals surface area contributed by atoms with E-state index in [1.807, 2.05) is 23.7 Å². The van der Waals surface area contributed by atoms with Crippen LogP contribution in [0, 0.1) is 0 Å². The lowest BCUT2D eigenvalue weighted by atomic mass is 10.1. The van der Waals surface area contributed by atoms with Gasteiger partial charge in [0.25, 0.3) is 0 Å². The van der Waals surface area contributed by atoms with Crippen molar-refractivity contribution in [2.24, 2.45) is 7.05 Å². The van der Waals surface area contributed by atoms with E-state index in [1.54, 1.807) is 44.6 Å². The van der Waals surface area contributed by atoms with Gasteiger partial charge in [-0.25, -0.2) is 0 Å². The number of hydrogen-bond donors (Lipinski definition) is 0. The van der Waals surface area contributed by atoms with Gasteiger partial charge in [-0.15, -0.1) is 10.2 Å². The standard InChI is InChI=1S/C19H18ClN3O3S/c1-23-18(12-4-7-14(20)8-5-12)21-22-19(23)27-11-15(24)13-6-9-16(25-2)17(10-13)26-3/h4-10H,11H2,1-3H3. The van der Waals surface area contributed by atoms with Gasteiger partial charge in [-0.1, -0.05) is 23.4 Å². The lowest BCUT2D eigenvalue weighted by Gasteiger charge is -2.09. The third-order valence-electron chi connectivity index (χ3n) is 3.98. The fraction of sp³-hybridized carbons (Fsp3) is 0.211. The molecule has 3 aromatic rings. The number of hydrogen-bond acceptors (Lipinski definition) is 6. The van der Waals surface area contributed by atoms with Crippen LogP contribution < -0.4 is 9.47 Å². The van der Waals surface area contributed by atoms with E-state index < -0.39 is 0 Å². The minimum absolute atomic E-state index is 0.0306. The van der Waals surface area contributed by atoms with E-state index in [2.05, 4.69) is 10.2 Å². The molecule has 1 aromatic heterocycles. The molecule has 0 spiro atoms. The van der Waals surface area contributed by atoms with Crippen molar-refractivity contribution in [2.45, 2.75) is 5.16 Å². The van der Waals surface area contributed by atoms with Gasteiger partial charge in [0.05, 0.1) is 20.0 Å². The van der Waals surface area contributed by atoms with Gasteiger partial charge in [-0.3, -0.25) is 4.79 Å². The summed E-state index contributed by atoms with van der Waals surface area (Å²) in [5.74, 6) is 2.03. The van der Waals surface area contributed by atoms with Crippen LogP contribution in [0.4, 0.5) is 0 Å². The summed E-state index contributed by atoms with van der Waals surface area (Å²) in [4.78, 5) is 12.5. The van der Waals surface area contributed by atoms with Crippen molar-refractivity contribution in [3.05, 3.63) is 53.1 Å². The van der Waals surface area contributed by atoms with Gasteiger partial charge in [-0.2, -0.15) is 0 Å². The Kier molecular flexibility index (Phi) is 6.03. The van der Waals surface area contributed by atoms with E-state index in [0.29, 0.717) is 33.1 Å². The van der Waals surface area contributed by atoms with Gasteiger partial charge >= 0.3 is 0 Å². The predicted molar refractivity (Wildman–Crippen MR) is 106 cm³/mol. The monoisotopic (exact) mass is 403 g/mol. The summed E-state index contributed by atoms with van der Waals surface area (Å²) in [6.45, 7) is 0. The molecule has 3 rings (SSSR count). The van der Waals surface area contributed by atoms with E-state index in [4.69, 9.17) is 21.1 Å². The molecular weight excluding hydrogens is 386 g/mol. The first kappa shape index (κ1) is 19.3. The Bertz CT molecular complexity index is 957. The van der Waals surface area contributed by atoms with Gasteiger partial charge in [0.2, 0.25) is 0 Å². The van der Waals surface area contributed by atoms with Crippen LogP contribution in [-0.2, 0) is 7.05 Å². The maximum Gasteiger partial charge on any atom is 0.191 e. The number of Topliss-reactive ketones (excluding diaryl/α,β-unsaturated/α-hetero) is 1. The molecule has 0 radical (unpaired) electrons. The number of ether oxygens (including phenoxy) is 2. The molecule has 1 heterocycles. The molecule has 0 fully saturated rings. The van der Waals surface area contributed by atoms with Gasteiger partial charge in [0.15, 0.2) is 28.3 Å². The molecule has 0 N–H and O–H groups in total. The Morgan fingerprint density at radius 1 is 1.07 bits per heavy atom. The first-order valence-corrected chi connectivity index (χ1v) is 9.43. The molecule has 0 amide bonds.